The molecule has 1 aliphatic rings. The monoisotopic (exact) mass is 272 g/mol. The molecule has 0 aliphatic carbocycles. The summed E-state index contributed by atoms with van der Waals surface area (Å²) in [5.41, 5.74) is 6.10. The molecule has 1 aliphatic heterocycles. The standard InChI is InChI=1S/C19H30N/c1-7-8-9-10-17-11-12-18-14(2)15(3)19(5,6)16(4)20(18)13-17/h11-13,16H,7-10H2,1-6H3/q+1. The zero-order valence-corrected chi connectivity index (χ0v) is 14.1. The summed E-state index contributed by atoms with van der Waals surface area (Å²) >= 11 is 0. The SMILES string of the molecule is CCCCCc1ccc2[n+](c1)C(C)C(C)(C)C(C)=C2C. The molecule has 110 valence electrons. The number of aryl methyl sites for hydroxylation is 1. The Kier molecular flexibility index (Phi) is 4.36. The van der Waals surface area contributed by atoms with Gasteiger partial charge < -0.3 is 0 Å². The lowest BCUT2D eigenvalue weighted by Crippen LogP contribution is -2.51. The van der Waals surface area contributed by atoms with Crippen LogP contribution in [0, 0.1) is 5.41 Å². The Morgan fingerprint density at radius 3 is 2.50 bits per heavy atom. The predicted octanol–water partition coefficient (Wildman–Crippen LogP) is 5.10. The molecule has 1 unspecified atom stereocenters. The van der Waals surface area contributed by atoms with E-state index in [0.29, 0.717) is 6.04 Å². The van der Waals surface area contributed by atoms with Gasteiger partial charge in [-0.1, -0.05) is 25.3 Å². The number of nitrogens with zero attached hydrogens (tertiary/aromatic N) is 1. The largest absolute Gasteiger partial charge is 0.208 e. The predicted molar refractivity (Wildman–Crippen MR) is 86.6 cm³/mol. The summed E-state index contributed by atoms with van der Waals surface area (Å²) in [6.45, 7) is 13.9. The highest BCUT2D eigenvalue weighted by atomic mass is 15.0. The van der Waals surface area contributed by atoms with Gasteiger partial charge in [0.15, 0.2) is 12.2 Å². The van der Waals surface area contributed by atoms with Crippen molar-refractivity contribution in [3.05, 3.63) is 35.2 Å². The topological polar surface area (TPSA) is 3.88 Å². The molecule has 0 aromatic carbocycles. The highest BCUT2D eigenvalue weighted by Crippen LogP contribution is 2.42. The molecule has 0 fully saturated rings. The van der Waals surface area contributed by atoms with Crippen LogP contribution in [0.3, 0.4) is 0 Å². The van der Waals surface area contributed by atoms with Crippen LogP contribution in [0.1, 0.15) is 78.1 Å². The second-order valence-corrected chi connectivity index (χ2v) is 6.93. The lowest BCUT2D eigenvalue weighted by atomic mass is 9.73. The lowest BCUT2D eigenvalue weighted by molar-refractivity contribution is -0.735. The highest BCUT2D eigenvalue weighted by Gasteiger charge is 2.41. The van der Waals surface area contributed by atoms with Gasteiger partial charge in [-0.2, -0.15) is 4.57 Å². The van der Waals surface area contributed by atoms with Crippen LogP contribution in [0.4, 0.5) is 0 Å². The lowest BCUT2D eigenvalue weighted by Gasteiger charge is -2.35. The first kappa shape index (κ1) is 15.3. The van der Waals surface area contributed by atoms with Gasteiger partial charge in [-0.05, 0) is 53.5 Å². The average Bonchev–Trinajstić information content (AvgIpc) is 2.43. The molecule has 2 heterocycles. The minimum atomic E-state index is 0.240. The van der Waals surface area contributed by atoms with Crippen molar-refractivity contribution < 1.29 is 4.57 Å². The third kappa shape index (κ3) is 2.55. The van der Waals surface area contributed by atoms with Crippen molar-refractivity contribution >= 4 is 5.57 Å². The Labute approximate surface area is 124 Å². The fraction of sp³-hybridized carbons (Fsp3) is 0.632. The third-order valence-electron chi connectivity index (χ3n) is 5.48. The van der Waals surface area contributed by atoms with Gasteiger partial charge in [-0.15, -0.1) is 0 Å². The first-order valence-corrected chi connectivity index (χ1v) is 8.12. The van der Waals surface area contributed by atoms with E-state index in [-0.39, 0.29) is 5.41 Å². The molecule has 1 aromatic rings. The average molecular weight is 272 g/mol. The Morgan fingerprint density at radius 1 is 1.15 bits per heavy atom. The number of aromatic nitrogens is 1. The number of unbranched alkanes of at least 4 members (excludes halogenated alkanes) is 2. The minimum Gasteiger partial charge on any atom is -0.195 e. The molecule has 0 spiro atoms. The maximum atomic E-state index is 2.50. The molecule has 0 saturated carbocycles. The molecule has 1 nitrogen and oxygen atoms in total. The van der Waals surface area contributed by atoms with Crippen molar-refractivity contribution in [3.8, 4) is 0 Å². The first-order chi connectivity index (χ1) is 9.39. The summed E-state index contributed by atoms with van der Waals surface area (Å²) in [5, 5.41) is 0. The zero-order valence-electron chi connectivity index (χ0n) is 14.1. The Balaban J connectivity index is 2.37. The van der Waals surface area contributed by atoms with Crippen LogP contribution in [-0.4, -0.2) is 0 Å². The van der Waals surface area contributed by atoms with Crippen LogP contribution >= 0.6 is 0 Å². The van der Waals surface area contributed by atoms with Gasteiger partial charge in [0.2, 0.25) is 5.69 Å². The Morgan fingerprint density at radius 2 is 1.85 bits per heavy atom. The van der Waals surface area contributed by atoms with Crippen LogP contribution in [-0.2, 0) is 6.42 Å². The van der Waals surface area contributed by atoms with E-state index in [1.165, 1.54) is 48.1 Å². The fourth-order valence-corrected chi connectivity index (χ4v) is 3.27. The van der Waals surface area contributed by atoms with Crippen LogP contribution in [0.15, 0.2) is 23.9 Å². The van der Waals surface area contributed by atoms with Crippen molar-refractivity contribution in [3.63, 3.8) is 0 Å². The minimum absolute atomic E-state index is 0.240. The van der Waals surface area contributed by atoms with E-state index in [9.17, 15) is 0 Å². The van der Waals surface area contributed by atoms with Crippen molar-refractivity contribution in [2.75, 3.05) is 0 Å². The van der Waals surface area contributed by atoms with E-state index in [2.05, 4.69) is 64.4 Å². The highest BCUT2D eigenvalue weighted by molar-refractivity contribution is 5.64. The first-order valence-electron chi connectivity index (χ1n) is 8.12. The summed E-state index contributed by atoms with van der Waals surface area (Å²) in [6.07, 6.45) is 7.54. The van der Waals surface area contributed by atoms with Crippen LogP contribution in [0.25, 0.3) is 5.57 Å². The van der Waals surface area contributed by atoms with Crippen molar-refractivity contribution in [1.82, 2.24) is 0 Å². The van der Waals surface area contributed by atoms with Crippen molar-refractivity contribution in [1.29, 1.82) is 0 Å². The number of hydrogen-bond acceptors (Lipinski definition) is 0. The van der Waals surface area contributed by atoms with Gasteiger partial charge in [0.25, 0.3) is 0 Å². The summed E-state index contributed by atoms with van der Waals surface area (Å²) < 4.78 is 2.50. The number of hydrogen-bond donors (Lipinski definition) is 0. The summed E-state index contributed by atoms with van der Waals surface area (Å²) in [4.78, 5) is 0. The second kappa shape index (κ2) is 5.71. The van der Waals surface area contributed by atoms with Gasteiger partial charge in [0, 0.05) is 22.6 Å². The van der Waals surface area contributed by atoms with Gasteiger partial charge in [-0.3, -0.25) is 0 Å². The van der Waals surface area contributed by atoms with Crippen LogP contribution < -0.4 is 4.57 Å². The fourth-order valence-electron chi connectivity index (χ4n) is 3.27. The van der Waals surface area contributed by atoms with E-state index in [1.807, 2.05) is 0 Å². The molecular formula is C19H30N+. The maximum Gasteiger partial charge on any atom is 0.208 e. The summed E-state index contributed by atoms with van der Waals surface area (Å²) in [6, 6.07) is 5.17. The van der Waals surface area contributed by atoms with Crippen LogP contribution in [0.2, 0.25) is 0 Å². The normalized spacial score (nSPS) is 21.0. The smallest absolute Gasteiger partial charge is 0.195 e. The number of allylic oxidation sites excluding steroid dienone is 2. The zero-order chi connectivity index (χ0) is 14.9. The van der Waals surface area contributed by atoms with E-state index >= 15 is 0 Å². The molecule has 1 heteroatoms. The van der Waals surface area contributed by atoms with Crippen LogP contribution in [0.5, 0.6) is 0 Å². The molecule has 2 rings (SSSR count). The number of rotatable bonds is 4. The Bertz CT molecular complexity index is 523. The molecular weight excluding hydrogens is 242 g/mol. The van der Waals surface area contributed by atoms with E-state index < -0.39 is 0 Å². The van der Waals surface area contributed by atoms with Crippen molar-refractivity contribution in [2.45, 2.75) is 73.3 Å². The molecule has 0 N–H and O–H groups in total. The van der Waals surface area contributed by atoms with Gasteiger partial charge in [0.05, 0.1) is 0 Å². The van der Waals surface area contributed by atoms with E-state index in [0.717, 1.165) is 0 Å². The molecule has 0 radical (unpaired) electrons. The van der Waals surface area contributed by atoms with Gasteiger partial charge >= 0.3 is 0 Å². The molecule has 1 atom stereocenters. The maximum absolute atomic E-state index is 2.50. The molecule has 0 amide bonds. The summed E-state index contributed by atoms with van der Waals surface area (Å²) in [5.74, 6) is 0. The third-order valence-corrected chi connectivity index (χ3v) is 5.48. The second-order valence-electron chi connectivity index (χ2n) is 6.93. The van der Waals surface area contributed by atoms with Gasteiger partial charge in [0.1, 0.15) is 0 Å². The Hall–Kier alpha value is -1.11. The summed E-state index contributed by atoms with van der Waals surface area (Å²) in [7, 11) is 0. The number of fused-ring (bicyclic) bond motifs is 1. The van der Waals surface area contributed by atoms with Crippen molar-refractivity contribution in [2.24, 2.45) is 5.41 Å². The molecule has 0 saturated heterocycles. The molecule has 0 bridgehead atoms. The molecule has 1 aromatic heterocycles. The van der Waals surface area contributed by atoms with E-state index in [4.69, 9.17) is 0 Å². The quantitative estimate of drug-likeness (QED) is 0.530. The van der Waals surface area contributed by atoms with Gasteiger partial charge in [-0.25, -0.2) is 0 Å². The van der Waals surface area contributed by atoms with E-state index in [1.54, 1.807) is 0 Å². The number of pyridine rings is 1. The molecule has 20 heavy (non-hydrogen) atoms.